The minimum atomic E-state index is -1.28. The highest BCUT2D eigenvalue weighted by Gasteiger charge is 2.51. The summed E-state index contributed by atoms with van der Waals surface area (Å²) in [5, 5.41) is 28.2. The van der Waals surface area contributed by atoms with Crippen molar-refractivity contribution in [1.29, 1.82) is 0 Å². The van der Waals surface area contributed by atoms with Crippen molar-refractivity contribution in [3.63, 3.8) is 0 Å². The molecule has 5 rings (SSSR count). The van der Waals surface area contributed by atoms with E-state index in [2.05, 4.69) is 26.8 Å². The lowest BCUT2D eigenvalue weighted by Crippen LogP contribution is -2.55. The number of benzene rings is 3. The number of aromatic hydroxyl groups is 1. The Morgan fingerprint density at radius 1 is 0.857 bits per heavy atom. The van der Waals surface area contributed by atoms with E-state index in [9.17, 15) is 48.6 Å². The second-order valence-corrected chi connectivity index (χ2v) is 13.6. The summed E-state index contributed by atoms with van der Waals surface area (Å²) in [6, 6.07) is 10.7. The normalized spacial score (nSPS) is 15.6. The molecule has 56 heavy (non-hydrogen) atoms. The second kappa shape index (κ2) is 17.8. The molecule has 18 nitrogen and oxygen atoms in total. The highest BCUT2D eigenvalue weighted by atomic mass is 32.2. The van der Waals surface area contributed by atoms with Gasteiger partial charge < -0.3 is 40.1 Å². The highest BCUT2D eigenvalue weighted by molar-refractivity contribution is 7.99. The van der Waals surface area contributed by atoms with Crippen molar-refractivity contribution in [2.75, 3.05) is 23.4 Å². The predicted molar refractivity (Wildman–Crippen MR) is 201 cm³/mol. The summed E-state index contributed by atoms with van der Waals surface area (Å²) in [6.07, 6.45) is -2.22. The third-order valence-electron chi connectivity index (χ3n) is 8.29. The first-order valence-electron chi connectivity index (χ1n) is 17.1. The molecule has 2 heterocycles. The number of carboxylic acid groups (broad SMARTS) is 1. The van der Waals surface area contributed by atoms with Crippen molar-refractivity contribution in [3.8, 4) is 28.2 Å². The van der Waals surface area contributed by atoms with Crippen LogP contribution in [-0.2, 0) is 38.2 Å². The SMILES string of the molecule is CCOC(=O)C1OC1C(=O)NNC(=O)C(C)NC(=O)C(C)NC(=O)CCSCC(=O)Nc1ccc(-c2c3ccc(=O)cc-3oc3cc(O)ccc23)c(C(=O)O)c1. The van der Waals surface area contributed by atoms with E-state index in [4.69, 9.17) is 13.9 Å². The first kappa shape index (κ1) is 40.7. The molecule has 2 aliphatic heterocycles. The van der Waals surface area contributed by atoms with Gasteiger partial charge in [0.15, 0.2) is 17.6 Å². The van der Waals surface area contributed by atoms with Crippen LogP contribution >= 0.6 is 11.8 Å². The fourth-order valence-electron chi connectivity index (χ4n) is 5.49. The predicted octanol–water partition coefficient (Wildman–Crippen LogP) is 1.52. The molecule has 2 aromatic rings. The first-order valence-corrected chi connectivity index (χ1v) is 18.3. The number of hydrogen-bond donors (Lipinski definition) is 7. The van der Waals surface area contributed by atoms with Crippen LogP contribution in [0.5, 0.6) is 5.75 Å². The third-order valence-corrected chi connectivity index (χ3v) is 9.25. The monoisotopic (exact) mass is 791 g/mol. The van der Waals surface area contributed by atoms with Gasteiger partial charge >= 0.3 is 11.9 Å². The molecule has 1 saturated heterocycles. The van der Waals surface area contributed by atoms with Crippen molar-refractivity contribution < 1.29 is 57.7 Å². The van der Waals surface area contributed by atoms with E-state index < -0.39 is 65.8 Å². The molecule has 3 aliphatic rings. The molecule has 4 atom stereocenters. The van der Waals surface area contributed by atoms with E-state index in [-0.39, 0.29) is 63.9 Å². The number of ether oxygens (including phenoxy) is 2. The summed E-state index contributed by atoms with van der Waals surface area (Å²) >= 11 is 1.12. The Bertz CT molecular complexity index is 2240. The van der Waals surface area contributed by atoms with E-state index in [1.54, 1.807) is 13.0 Å². The zero-order chi connectivity index (χ0) is 40.7. The molecule has 1 aliphatic carbocycles. The number of esters is 1. The van der Waals surface area contributed by atoms with E-state index in [1.165, 1.54) is 62.4 Å². The number of hydrogen-bond acceptors (Lipinski definition) is 13. The third kappa shape index (κ3) is 9.98. The quantitative estimate of drug-likeness (QED) is 0.0296. The number of phenolic OH excluding ortho intramolecular Hbond substituents is 1. The number of carbonyl (C=O) groups excluding carboxylic acids is 6. The fourth-order valence-corrected chi connectivity index (χ4v) is 6.23. The average Bonchev–Trinajstić information content (AvgIpc) is 3.96. The van der Waals surface area contributed by atoms with E-state index in [0.717, 1.165) is 11.8 Å². The van der Waals surface area contributed by atoms with E-state index >= 15 is 0 Å². The number of fused-ring (bicyclic) bond motifs is 2. The van der Waals surface area contributed by atoms with Crippen LogP contribution < -0.4 is 32.2 Å². The van der Waals surface area contributed by atoms with Crippen LogP contribution in [0.25, 0.3) is 33.4 Å². The number of anilines is 1. The Labute approximate surface area is 322 Å². The summed E-state index contributed by atoms with van der Waals surface area (Å²) in [5.41, 5.74) is 5.39. The van der Waals surface area contributed by atoms with Crippen LogP contribution in [0.2, 0.25) is 0 Å². The van der Waals surface area contributed by atoms with Crippen LogP contribution in [-0.4, -0.2) is 94.1 Å². The number of thioether (sulfide) groups is 1. The molecule has 7 N–H and O–H groups in total. The summed E-state index contributed by atoms with van der Waals surface area (Å²) in [6.45, 7) is 4.47. The largest absolute Gasteiger partial charge is 0.508 e. The summed E-state index contributed by atoms with van der Waals surface area (Å²) < 4.78 is 15.5. The molecule has 0 spiro atoms. The number of phenols is 1. The average molecular weight is 792 g/mol. The number of amides is 5. The van der Waals surface area contributed by atoms with Gasteiger partial charge in [0.25, 0.3) is 11.8 Å². The maximum atomic E-state index is 12.7. The van der Waals surface area contributed by atoms with Gasteiger partial charge in [-0.05, 0) is 62.7 Å². The molecule has 19 heteroatoms. The molecule has 0 bridgehead atoms. The lowest BCUT2D eigenvalue weighted by atomic mass is 9.90. The van der Waals surface area contributed by atoms with Gasteiger partial charge in [0, 0.05) is 46.5 Å². The minimum Gasteiger partial charge on any atom is -0.508 e. The van der Waals surface area contributed by atoms with Gasteiger partial charge in [-0.1, -0.05) is 6.07 Å². The van der Waals surface area contributed by atoms with Crippen LogP contribution in [0.15, 0.2) is 63.8 Å². The summed E-state index contributed by atoms with van der Waals surface area (Å²) in [5.74, 6) is -4.95. The molecule has 0 radical (unpaired) electrons. The number of carboxylic acids is 1. The number of rotatable bonds is 15. The first-order chi connectivity index (χ1) is 26.7. The Morgan fingerprint density at radius 2 is 1.59 bits per heavy atom. The summed E-state index contributed by atoms with van der Waals surface area (Å²) in [4.78, 5) is 98.2. The summed E-state index contributed by atoms with van der Waals surface area (Å²) in [7, 11) is 0. The van der Waals surface area contributed by atoms with Crippen molar-refractivity contribution >= 4 is 69.9 Å². The van der Waals surface area contributed by atoms with Gasteiger partial charge in [0.05, 0.1) is 17.9 Å². The Morgan fingerprint density at radius 3 is 2.32 bits per heavy atom. The molecule has 1 fully saturated rings. The second-order valence-electron chi connectivity index (χ2n) is 12.5. The molecule has 0 saturated carbocycles. The zero-order valence-electron chi connectivity index (χ0n) is 30.1. The van der Waals surface area contributed by atoms with Gasteiger partial charge in [-0.15, -0.1) is 0 Å². The van der Waals surface area contributed by atoms with Gasteiger partial charge in [-0.3, -0.25) is 39.6 Å². The van der Waals surface area contributed by atoms with E-state index in [1.807, 2.05) is 0 Å². The van der Waals surface area contributed by atoms with Crippen LogP contribution in [0, 0.1) is 0 Å². The van der Waals surface area contributed by atoms with E-state index in [0.29, 0.717) is 16.5 Å². The van der Waals surface area contributed by atoms with Crippen molar-refractivity contribution in [3.05, 3.63) is 70.4 Å². The zero-order valence-corrected chi connectivity index (χ0v) is 30.9. The number of nitrogens with one attached hydrogen (secondary N) is 5. The van der Waals surface area contributed by atoms with Gasteiger partial charge in [0.1, 0.15) is 29.2 Å². The maximum absolute atomic E-state index is 12.7. The molecule has 2 aromatic carbocycles. The van der Waals surface area contributed by atoms with Gasteiger partial charge in [-0.25, -0.2) is 9.59 Å². The van der Waals surface area contributed by atoms with Gasteiger partial charge in [-0.2, -0.15) is 11.8 Å². The molecule has 0 aromatic heterocycles. The Balaban J connectivity index is 1.08. The topological polar surface area (TPSA) is 272 Å². The number of hydrazine groups is 1. The molecule has 294 valence electrons. The fraction of sp³-hybridized carbons (Fsp3) is 0.297. The standard InChI is InChI=1S/C37H37N5O13S/c1-4-53-37(52)32-31(55-32)35(49)42-41-34(48)18(3)39-33(47)17(2)38-28(45)11-12-56-16-29(46)40-19-5-8-22(25(13-19)36(50)51)30-23-9-6-20(43)14-26(23)54-27-15-21(44)7-10-24(27)30/h5-10,13-15,17-18,31-32,43H,4,11-12,16H2,1-3H3,(H,38,45)(H,39,47)(H,40,46)(H,41,48)(H,42,49)(H,50,51). The maximum Gasteiger partial charge on any atom is 0.338 e. The van der Waals surface area contributed by atoms with Crippen molar-refractivity contribution in [2.45, 2.75) is 51.5 Å². The minimum absolute atomic E-state index is 0.0532. The molecular weight excluding hydrogens is 754 g/mol. The lowest BCUT2D eigenvalue weighted by molar-refractivity contribution is -0.144. The smallest absolute Gasteiger partial charge is 0.338 e. The highest BCUT2D eigenvalue weighted by Crippen LogP contribution is 2.42. The number of aromatic carboxylic acids is 1. The van der Waals surface area contributed by atoms with Crippen molar-refractivity contribution in [2.24, 2.45) is 0 Å². The molecular formula is C37H37N5O13S. The molecule has 5 amide bonds. The lowest BCUT2D eigenvalue weighted by Gasteiger charge is -2.18. The Hall–Kier alpha value is -6.47. The van der Waals surface area contributed by atoms with Crippen LogP contribution in [0.1, 0.15) is 37.6 Å². The Kier molecular flexibility index (Phi) is 12.9. The van der Waals surface area contributed by atoms with Crippen molar-refractivity contribution in [1.82, 2.24) is 21.5 Å². The van der Waals surface area contributed by atoms with Crippen LogP contribution in [0.3, 0.4) is 0 Å². The number of epoxide rings is 1. The van der Waals surface area contributed by atoms with Crippen LogP contribution in [0.4, 0.5) is 5.69 Å². The molecule has 4 unspecified atom stereocenters. The number of carbonyl (C=O) groups is 7. The van der Waals surface area contributed by atoms with Gasteiger partial charge in [0.2, 0.25) is 17.7 Å².